The van der Waals surface area contributed by atoms with Gasteiger partial charge in [-0.2, -0.15) is 0 Å². The molecule has 0 aromatic carbocycles. The Bertz CT molecular complexity index is 98.6. The van der Waals surface area contributed by atoms with Crippen LogP contribution >= 0.6 is 12.2 Å². The van der Waals surface area contributed by atoms with Crippen LogP contribution < -0.4 is 10.6 Å². The minimum absolute atomic E-state index is 1.06. The van der Waals surface area contributed by atoms with Crippen molar-refractivity contribution in [3.8, 4) is 0 Å². The van der Waals surface area contributed by atoms with E-state index in [4.69, 9.17) is 0 Å². The first-order valence-electron chi connectivity index (χ1n) is 2.35. The fourth-order valence-electron chi connectivity index (χ4n) is 0.231. The third-order valence-corrected chi connectivity index (χ3v) is 0.898. The van der Waals surface area contributed by atoms with Crippen LogP contribution in [0.2, 0.25) is 0 Å². The van der Waals surface area contributed by atoms with E-state index in [9.17, 15) is 0 Å². The monoisotopic (exact) mass is 130 g/mol. The summed E-state index contributed by atoms with van der Waals surface area (Å²) < 4.78 is 0. The molecule has 0 bridgehead atoms. The molecule has 46 valence electrons. The topological polar surface area (TPSA) is 24.1 Å². The molecule has 0 aliphatic rings. The summed E-state index contributed by atoms with van der Waals surface area (Å²) >= 11 is 4.51. The number of allylic oxidation sites excluding steroid dienone is 1. The molecule has 0 atom stereocenters. The minimum atomic E-state index is 1.06. The van der Waals surface area contributed by atoms with Gasteiger partial charge in [-0.05, 0) is 6.92 Å². The zero-order valence-electron chi connectivity index (χ0n) is 5.06. The van der Waals surface area contributed by atoms with Gasteiger partial charge in [0.1, 0.15) is 0 Å². The first kappa shape index (κ1) is 7.43. The maximum atomic E-state index is 4.51. The van der Waals surface area contributed by atoms with Crippen molar-refractivity contribution in [1.82, 2.24) is 10.6 Å². The van der Waals surface area contributed by atoms with E-state index in [1.807, 2.05) is 14.0 Å². The molecule has 0 fully saturated rings. The Labute approximate surface area is 55.0 Å². The molecule has 0 heterocycles. The number of thiocarbonyl (C=S) groups is 1. The summed E-state index contributed by atoms with van der Waals surface area (Å²) in [5.41, 5.74) is 2.52. The predicted octanol–water partition coefficient (Wildman–Crippen LogP) is 0.614. The van der Waals surface area contributed by atoms with E-state index in [2.05, 4.69) is 22.9 Å². The van der Waals surface area contributed by atoms with Crippen LogP contribution in [0.1, 0.15) is 6.92 Å². The van der Waals surface area contributed by atoms with Gasteiger partial charge in [-0.3, -0.25) is 0 Å². The Balaban J connectivity index is 3.40. The van der Waals surface area contributed by atoms with Gasteiger partial charge in [0.05, 0.1) is 5.49 Å². The predicted molar refractivity (Wildman–Crippen MR) is 39.6 cm³/mol. The molecule has 2 nitrogen and oxygen atoms in total. The highest BCUT2D eigenvalue weighted by Crippen LogP contribution is 1.76. The van der Waals surface area contributed by atoms with Gasteiger partial charge < -0.3 is 10.6 Å². The second kappa shape index (κ2) is 4.59. The molecule has 0 aliphatic heterocycles. The molecule has 2 N–H and O–H groups in total. The second-order valence-electron chi connectivity index (χ2n) is 1.36. The highest BCUT2D eigenvalue weighted by atomic mass is 32.1. The standard InChI is InChI=1S/C5H10N2S/c1-5(6-2)3-7-4-8/h3-4,6H,1-2H3,(H,7,8)/b5-3-. The molecule has 0 rings (SSSR count). The molecular formula is C5H10N2S. The maximum absolute atomic E-state index is 4.51. The summed E-state index contributed by atoms with van der Waals surface area (Å²) in [6.07, 6.45) is 1.80. The van der Waals surface area contributed by atoms with E-state index in [1.165, 1.54) is 5.49 Å². The zero-order chi connectivity index (χ0) is 6.41. The number of hydrogen-bond donors (Lipinski definition) is 2. The molecule has 3 heteroatoms. The van der Waals surface area contributed by atoms with E-state index < -0.39 is 0 Å². The van der Waals surface area contributed by atoms with Gasteiger partial charge in [0, 0.05) is 18.9 Å². The van der Waals surface area contributed by atoms with Gasteiger partial charge in [-0.25, -0.2) is 0 Å². The molecule has 0 spiro atoms. The molecular weight excluding hydrogens is 120 g/mol. The molecule has 0 aromatic rings. The zero-order valence-corrected chi connectivity index (χ0v) is 5.88. The number of nitrogens with one attached hydrogen (secondary N) is 2. The molecule has 0 amide bonds. The van der Waals surface area contributed by atoms with Crippen LogP contribution in [0, 0.1) is 0 Å². The summed E-state index contributed by atoms with van der Waals surface area (Å²) in [4.78, 5) is 0. The fourth-order valence-corrected chi connectivity index (χ4v) is 0.299. The molecule has 0 aromatic heterocycles. The van der Waals surface area contributed by atoms with E-state index in [0.29, 0.717) is 0 Å². The molecule has 8 heavy (non-hydrogen) atoms. The van der Waals surface area contributed by atoms with Gasteiger partial charge in [0.25, 0.3) is 0 Å². The first-order valence-corrected chi connectivity index (χ1v) is 2.82. The first-order chi connectivity index (χ1) is 3.81. The van der Waals surface area contributed by atoms with Crippen molar-refractivity contribution in [2.75, 3.05) is 7.05 Å². The van der Waals surface area contributed by atoms with Gasteiger partial charge in [0.2, 0.25) is 0 Å². The molecule has 0 saturated carbocycles. The molecule has 0 unspecified atom stereocenters. The summed E-state index contributed by atoms with van der Waals surface area (Å²) in [5, 5.41) is 5.70. The Hall–Kier alpha value is -0.570. The van der Waals surface area contributed by atoms with Crippen molar-refractivity contribution in [3.05, 3.63) is 11.9 Å². The largest absolute Gasteiger partial charge is 0.390 e. The van der Waals surface area contributed by atoms with E-state index in [0.717, 1.165) is 5.70 Å². The van der Waals surface area contributed by atoms with Crippen LogP contribution in [-0.4, -0.2) is 12.5 Å². The third kappa shape index (κ3) is 3.61. The fraction of sp³-hybridized carbons (Fsp3) is 0.400. The van der Waals surface area contributed by atoms with Gasteiger partial charge in [0.15, 0.2) is 0 Å². The van der Waals surface area contributed by atoms with E-state index in [1.54, 1.807) is 6.20 Å². The highest BCUT2D eigenvalue weighted by Gasteiger charge is 1.74. The lowest BCUT2D eigenvalue weighted by atomic mass is 10.5. The Morgan fingerprint density at radius 2 is 2.25 bits per heavy atom. The summed E-state index contributed by atoms with van der Waals surface area (Å²) in [6, 6.07) is 0. The van der Waals surface area contributed by atoms with Crippen LogP contribution in [0.15, 0.2) is 11.9 Å². The minimum Gasteiger partial charge on any atom is -0.390 e. The van der Waals surface area contributed by atoms with Crippen LogP contribution in [0.3, 0.4) is 0 Å². The Kier molecular flexibility index (Phi) is 4.26. The smallest absolute Gasteiger partial charge is 0.0654 e. The maximum Gasteiger partial charge on any atom is 0.0654 e. The Morgan fingerprint density at radius 1 is 1.62 bits per heavy atom. The van der Waals surface area contributed by atoms with Crippen molar-refractivity contribution in [1.29, 1.82) is 0 Å². The van der Waals surface area contributed by atoms with Crippen molar-refractivity contribution in [2.24, 2.45) is 0 Å². The molecule has 0 aliphatic carbocycles. The lowest BCUT2D eigenvalue weighted by Crippen LogP contribution is -2.07. The average molecular weight is 130 g/mol. The second-order valence-corrected chi connectivity index (χ2v) is 1.60. The molecule has 0 saturated heterocycles. The van der Waals surface area contributed by atoms with Crippen molar-refractivity contribution < 1.29 is 0 Å². The van der Waals surface area contributed by atoms with Crippen molar-refractivity contribution >= 4 is 17.7 Å². The van der Waals surface area contributed by atoms with Gasteiger partial charge >= 0.3 is 0 Å². The summed E-state index contributed by atoms with van der Waals surface area (Å²) in [5.74, 6) is 0. The van der Waals surface area contributed by atoms with Crippen LogP contribution in [0.5, 0.6) is 0 Å². The van der Waals surface area contributed by atoms with E-state index >= 15 is 0 Å². The summed E-state index contributed by atoms with van der Waals surface area (Å²) in [7, 11) is 1.86. The van der Waals surface area contributed by atoms with Crippen LogP contribution in [0.4, 0.5) is 0 Å². The lowest BCUT2D eigenvalue weighted by molar-refractivity contribution is 0.970. The third-order valence-electron chi connectivity index (χ3n) is 0.762. The summed E-state index contributed by atoms with van der Waals surface area (Å²) in [6.45, 7) is 1.95. The molecule has 0 radical (unpaired) electrons. The van der Waals surface area contributed by atoms with Crippen LogP contribution in [-0.2, 0) is 0 Å². The van der Waals surface area contributed by atoms with E-state index in [-0.39, 0.29) is 0 Å². The normalized spacial score (nSPS) is 10.5. The van der Waals surface area contributed by atoms with Gasteiger partial charge in [-0.1, -0.05) is 12.2 Å². The lowest BCUT2D eigenvalue weighted by Gasteiger charge is -1.95. The highest BCUT2D eigenvalue weighted by molar-refractivity contribution is 7.78. The number of rotatable bonds is 3. The number of hydrogen-bond acceptors (Lipinski definition) is 2. The van der Waals surface area contributed by atoms with Crippen LogP contribution in [0.25, 0.3) is 0 Å². The Morgan fingerprint density at radius 3 is 2.62 bits per heavy atom. The quantitative estimate of drug-likeness (QED) is 0.547. The average Bonchev–Trinajstić information content (AvgIpc) is 1.83. The van der Waals surface area contributed by atoms with Crippen molar-refractivity contribution in [3.63, 3.8) is 0 Å². The van der Waals surface area contributed by atoms with Crippen molar-refractivity contribution in [2.45, 2.75) is 6.92 Å². The SMILES string of the molecule is CN/C(C)=C\NC=S. The van der Waals surface area contributed by atoms with Gasteiger partial charge in [-0.15, -0.1) is 0 Å².